The highest BCUT2D eigenvalue weighted by molar-refractivity contribution is 7.12. The van der Waals surface area contributed by atoms with Gasteiger partial charge in [-0.1, -0.05) is 41.9 Å². The van der Waals surface area contributed by atoms with Gasteiger partial charge in [0.15, 0.2) is 0 Å². The highest BCUT2D eigenvalue weighted by Gasteiger charge is 2.42. The molecule has 1 heterocycles. The van der Waals surface area contributed by atoms with Crippen LogP contribution < -0.4 is 0 Å². The van der Waals surface area contributed by atoms with Crippen molar-refractivity contribution in [3.8, 4) is 0 Å². The van der Waals surface area contributed by atoms with Gasteiger partial charge >= 0.3 is 0 Å². The van der Waals surface area contributed by atoms with Crippen molar-refractivity contribution in [1.82, 2.24) is 4.90 Å². The van der Waals surface area contributed by atoms with Crippen LogP contribution in [0.4, 0.5) is 0 Å². The minimum atomic E-state index is -0.141. The Hall–Kier alpha value is -1.36. The summed E-state index contributed by atoms with van der Waals surface area (Å²) in [5.41, 5.74) is 3.33. The molecular formula is C18H21ClN2OS. The molecule has 3 nitrogen and oxygen atoms in total. The normalized spacial score (nSPS) is 21.9. The monoisotopic (exact) mass is 348 g/mol. The first-order valence-electron chi connectivity index (χ1n) is 7.69. The summed E-state index contributed by atoms with van der Waals surface area (Å²) in [5, 5.41) is 7.34. The smallest absolute Gasteiger partial charge is 0.129 e. The van der Waals surface area contributed by atoms with Gasteiger partial charge in [-0.25, -0.2) is 0 Å². The van der Waals surface area contributed by atoms with Gasteiger partial charge in [-0.05, 0) is 42.7 Å². The van der Waals surface area contributed by atoms with Gasteiger partial charge in [-0.2, -0.15) is 0 Å². The molecule has 0 spiro atoms. The molecule has 23 heavy (non-hydrogen) atoms. The summed E-state index contributed by atoms with van der Waals surface area (Å²) in [7, 11) is 4.05. The lowest BCUT2D eigenvalue weighted by atomic mass is 9.78. The number of hydrogen-bond donors (Lipinski definition) is 0. The molecule has 0 saturated carbocycles. The summed E-state index contributed by atoms with van der Waals surface area (Å²) in [6.45, 7) is 3.69. The maximum Gasteiger partial charge on any atom is 0.129 e. The van der Waals surface area contributed by atoms with Crippen molar-refractivity contribution in [2.24, 2.45) is 5.16 Å². The van der Waals surface area contributed by atoms with E-state index in [-0.39, 0.29) is 5.41 Å². The zero-order chi connectivity index (χ0) is 16.4. The second-order valence-corrected chi connectivity index (χ2v) is 7.65. The van der Waals surface area contributed by atoms with Crippen molar-refractivity contribution in [1.29, 1.82) is 0 Å². The first-order valence-corrected chi connectivity index (χ1v) is 8.95. The Balaban J connectivity index is 1.89. The number of oxime groups is 1. The Kier molecular flexibility index (Phi) is 4.76. The summed E-state index contributed by atoms with van der Waals surface area (Å²) in [4.78, 5) is 8.84. The highest BCUT2D eigenvalue weighted by Crippen LogP contribution is 2.48. The number of rotatable bonds is 5. The average Bonchev–Trinajstić information content (AvgIpc) is 3.08. The van der Waals surface area contributed by atoms with Gasteiger partial charge in [0, 0.05) is 23.4 Å². The molecule has 1 aromatic carbocycles. The van der Waals surface area contributed by atoms with Gasteiger partial charge in [0.2, 0.25) is 0 Å². The van der Waals surface area contributed by atoms with Gasteiger partial charge in [0.05, 0.1) is 10.6 Å². The lowest BCUT2D eigenvalue weighted by Gasteiger charge is -2.25. The van der Waals surface area contributed by atoms with Crippen molar-refractivity contribution in [3.05, 3.63) is 56.7 Å². The van der Waals surface area contributed by atoms with Crippen molar-refractivity contribution >= 4 is 28.6 Å². The van der Waals surface area contributed by atoms with Crippen LogP contribution in [0.5, 0.6) is 0 Å². The molecule has 0 amide bonds. The number of halogens is 1. The molecule has 1 aromatic heterocycles. The Morgan fingerprint density at radius 1 is 1.26 bits per heavy atom. The van der Waals surface area contributed by atoms with Gasteiger partial charge in [0.25, 0.3) is 0 Å². The molecule has 3 rings (SSSR count). The largest absolute Gasteiger partial charge is 0.394 e. The van der Waals surface area contributed by atoms with Crippen LogP contribution in [0, 0.1) is 0 Å². The van der Waals surface area contributed by atoms with Crippen LogP contribution in [0.3, 0.4) is 0 Å². The number of nitrogens with zero attached hydrogens (tertiary/aromatic N) is 2. The first kappa shape index (κ1) is 16.5. The zero-order valence-corrected chi connectivity index (χ0v) is 15.2. The zero-order valence-electron chi connectivity index (χ0n) is 13.7. The Labute approximate surface area is 146 Å². The summed E-state index contributed by atoms with van der Waals surface area (Å²) >= 11 is 8.19. The van der Waals surface area contributed by atoms with Gasteiger partial charge in [-0.3, -0.25) is 0 Å². The number of benzene rings is 1. The molecule has 0 saturated heterocycles. The second-order valence-electron chi connectivity index (χ2n) is 6.33. The van der Waals surface area contributed by atoms with Crippen LogP contribution in [-0.4, -0.2) is 37.9 Å². The molecule has 0 fully saturated rings. The van der Waals surface area contributed by atoms with E-state index in [4.69, 9.17) is 16.4 Å². The van der Waals surface area contributed by atoms with Gasteiger partial charge in [-0.15, -0.1) is 11.3 Å². The molecule has 0 N–H and O–H groups in total. The van der Waals surface area contributed by atoms with E-state index in [1.807, 2.05) is 32.3 Å². The molecule has 1 aliphatic rings. The van der Waals surface area contributed by atoms with Gasteiger partial charge < -0.3 is 9.74 Å². The maximum atomic E-state index is 6.46. The SMILES string of the molecule is CN(C)CCO/N=C1\CC(C)(c2ccccc2Cl)c2ccsc21. The van der Waals surface area contributed by atoms with E-state index < -0.39 is 0 Å². The Morgan fingerprint density at radius 2 is 2.04 bits per heavy atom. The van der Waals surface area contributed by atoms with Crippen LogP contribution >= 0.6 is 22.9 Å². The fraction of sp³-hybridized carbons (Fsp3) is 0.389. The molecule has 1 unspecified atom stereocenters. The van der Waals surface area contributed by atoms with E-state index >= 15 is 0 Å². The van der Waals surface area contributed by atoms with Crippen molar-refractivity contribution in [2.45, 2.75) is 18.8 Å². The third-order valence-electron chi connectivity index (χ3n) is 4.32. The number of fused-ring (bicyclic) bond motifs is 1. The fourth-order valence-corrected chi connectivity index (χ4v) is 4.40. The third kappa shape index (κ3) is 3.16. The second kappa shape index (κ2) is 6.63. The molecule has 0 radical (unpaired) electrons. The van der Waals surface area contributed by atoms with Crippen LogP contribution in [0.1, 0.15) is 29.3 Å². The van der Waals surface area contributed by atoms with Crippen LogP contribution in [0.15, 0.2) is 40.9 Å². The lowest BCUT2D eigenvalue weighted by molar-refractivity contribution is 0.125. The Bertz CT molecular complexity index is 725. The van der Waals surface area contributed by atoms with E-state index in [0.717, 1.165) is 29.3 Å². The van der Waals surface area contributed by atoms with Crippen molar-refractivity contribution in [3.63, 3.8) is 0 Å². The molecule has 1 atom stereocenters. The lowest BCUT2D eigenvalue weighted by Crippen LogP contribution is -2.21. The number of hydrogen-bond acceptors (Lipinski definition) is 4. The minimum absolute atomic E-state index is 0.141. The van der Waals surface area contributed by atoms with E-state index in [1.54, 1.807) is 11.3 Å². The van der Waals surface area contributed by atoms with Crippen LogP contribution in [0.2, 0.25) is 5.02 Å². The molecule has 0 aliphatic heterocycles. The summed E-state index contributed by atoms with van der Waals surface area (Å²) < 4.78 is 0. The predicted octanol–water partition coefficient (Wildman–Crippen LogP) is 4.39. The van der Waals surface area contributed by atoms with Crippen LogP contribution in [0.25, 0.3) is 0 Å². The predicted molar refractivity (Wildman–Crippen MR) is 97.9 cm³/mol. The topological polar surface area (TPSA) is 24.8 Å². The van der Waals surface area contributed by atoms with Crippen LogP contribution in [-0.2, 0) is 10.3 Å². The number of thiophene rings is 1. The molecular weight excluding hydrogens is 328 g/mol. The first-order chi connectivity index (χ1) is 11.0. The molecule has 122 valence electrons. The molecule has 5 heteroatoms. The highest BCUT2D eigenvalue weighted by atomic mass is 35.5. The maximum absolute atomic E-state index is 6.46. The summed E-state index contributed by atoms with van der Waals surface area (Å²) in [6, 6.07) is 10.3. The molecule has 2 aromatic rings. The van der Waals surface area contributed by atoms with E-state index in [1.165, 1.54) is 10.4 Å². The average molecular weight is 349 g/mol. The molecule has 0 bridgehead atoms. The van der Waals surface area contributed by atoms with Gasteiger partial charge in [0.1, 0.15) is 6.61 Å². The fourth-order valence-electron chi connectivity index (χ4n) is 3.05. The van der Waals surface area contributed by atoms with E-state index in [0.29, 0.717) is 6.61 Å². The Morgan fingerprint density at radius 3 is 2.78 bits per heavy atom. The number of likely N-dealkylation sites (N-methyl/N-ethyl adjacent to an activating group) is 1. The minimum Gasteiger partial charge on any atom is -0.394 e. The summed E-state index contributed by atoms with van der Waals surface area (Å²) in [5.74, 6) is 0. The summed E-state index contributed by atoms with van der Waals surface area (Å²) in [6.07, 6.45) is 0.820. The van der Waals surface area contributed by atoms with E-state index in [2.05, 4.69) is 34.5 Å². The standard InChI is InChI=1S/C18H21ClN2OS/c1-18(13-6-4-5-7-15(13)19)12-16(17-14(18)8-11-23-17)20-22-10-9-21(2)3/h4-8,11H,9-10,12H2,1-3H3/b20-16+. The quantitative estimate of drug-likeness (QED) is 0.591. The van der Waals surface area contributed by atoms with E-state index in [9.17, 15) is 0 Å². The molecule has 1 aliphatic carbocycles. The van der Waals surface area contributed by atoms with Crippen molar-refractivity contribution in [2.75, 3.05) is 27.2 Å². The van der Waals surface area contributed by atoms with Crippen molar-refractivity contribution < 1.29 is 4.84 Å². The third-order valence-corrected chi connectivity index (χ3v) is 5.61.